The van der Waals surface area contributed by atoms with Gasteiger partial charge >= 0.3 is 81.1 Å². The number of hydrogen-bond acceptors (Lipinski definition) is 2. The third-order valence-corrected chi connectivity index (χ3v) is 6.29. The summed E-state index contributed by atoms with van der Waals surface area (Å²) in [6.07, 6.45) is 16.6. The Labute approximate surface area is 81.4 Å². The maximum atomic E-state index is 6.26. The van der Waals surface area contributed by atoms with Gasteiger partial charge in [0.15, 0.2) is 0 Å². The minimum atomic E-state index is -2.37. The van der Waals surface area contributed by atoms with Gasteiger partial charge in [-0.1, -0.05) is 0 Å². The van der Waals surface area contributed by atoms with Crippen LogP contribution in [0.15, 0.2) is 48.6 Å². The van der Waals surface area contributed by atoms with E-state index in [9.17, 15) is 0 Å². The van der Waals surface area contributed by atoms with Crippen LogP contribution in [0.4, 0.5) is 0 Å². The molecule has 0 aromatic rings. The van der Waals surface area contributed by atoms with Gasteiger partial charge in [-0.3, -0.25) is 0 Å². The average Bonchev–Trinajstić information content (AvgIpc) is 2.78. The molecule has 0 atom stereocenters. The first-order valence-electron chi connectivity index (χ1n) is 4.28. The van der Waals surface area contributed by atoms with Crippen molar-refractivity contribution < 1.29 is 13.5 Å². The summed E-state index contributed by atoms with van der Waals surface area (Å²) in [7, 11) is 0. The van der Waals surface area contributed by atoms with Crippen LogP contribution in [-0.4, -0.2) is 0 Å². The van der Waals surface area contributed by atoms with Crippen LogP contribution in [0.25, 0.3) is 0 Å². The third kappa shape index (κ3) is 1.57. The van der Waals surface area contributed by atoms with E-state index in [1.54, 1.807) is 0 Å². The van der Waals surface area contributed by atoms with Crippen molar-refractivity contribution in [1.82, 2.24) is 0 Å². The van der Waals surface area contributed by atoms with E-state index in [1.807, 2.05) is 24.3 Å². The molecular weight excluding hydrogens is 200 g/mol. The third-order valence-electron chi connectivity index (χ3n) is 2.37. The van der Waals surface area contributed by atoms with E-state index in [0.29, 0.717) is 9.56 Å². The summed E-state index contributed by atoms with van der Waals surface area (Å²) in [6, 6.07) is 0. The molecule has 0 aliphatic heterocycles. The van der Waals surface area contributed by atoms with Crippen LogP contribution >= 0.6 is 0 Å². The Bertz CT molecular complexity index is 259. The SMILES string of the molecule is [NH2][Cr]([NH2])([CH]1C=CC=C1)[CH]1C=CC=C1. The van der Waals surface area contributed by atoms with Crippen LogP contribution in [-0.2, 0) is 13.5 Å². The van der Waals surface area contributed by atoms with Crippen molar-refractivity contribution >= 4 is 0 Å². The van der Waals surface area contributed by atoms with Crippen LogP contribution < -0.4 is 9.43 Å². The Morgan fingerprint density at radius 3 is 1.31 bits per heavy atom. The van der Waals surface area contributed by atoms with Crippen molar-refractivity contribution in [2.45, 2.75) is 9.56 Å². The molecule has 0 aromatic heterocycles. The van der Waals surface area contributed by atoms with Crippen LogP contribution in [0.5, 0.6) is 0 Å². The molecule has 70 valence electrons. The van der Waals surface area contributed by atoms with Gasteiger partial charge in [0.05, 0.1) is 0 Å². The molecule has 2 nitrogen and oxygen atoms in total. The fraction of sp³-hybridized carbons (Fsp3) is 0.200. The van der Waals surface area contributed by atoms with E-state index in [0.717, 1.165) is 0 Å². The monoisotopic (exact) mass is 214 g/mol. The first-order valence-corrected chi connectivity index (χ1v) is 7.22. The van der Waals surface area contributed by atoms with E-state index in [1.165, 1.54) is 0 Å². The van der Waals surface area contributed by atoms with E-state index < -0.39 is 13.5 Å². The quantitative estimate of drug-likeness (QED) is 0.735. The van der Waals surface area contributed by atoms with Gasteiger partial charge in [-0.2, -0.15) is 0 Å². The zero-order chi connectivity index (χ0) is 9.31. The van der Waals surface area contributed by atoms with Gasteiger partial charge in [0, 0.05) is 0 Å². The summed E-state index contributed by atoms with van der Waals surface area (Å²) in [5.74, 6) is 0. The zero-order valence-electron chi connectivity index (χ0n) is 7.34. The summed E-state index contributed by atoms with van der Waals surface area (Å²) >= 11 is -2.37. The van der Waals surface area contributed by atoms with Gasteiger partial charge < -0.3 is 0 Å². The van der Waals surface area contributed by atoms with Gasteiger partial charge in [-0.05, 0) is 0 Å². The van der Waals surface area contributed by atoms with Crippen LogP contribution in [0.3, 0.4) is 0 Å². The molecule has 0 saturated carbocycles. The van der Waals surface area contributed by atoms with Gasteiger partial charge in [0.25, 0.3) is 0 Å². The fourth-order valence-corrected chi connectivity index (χ4v) is 4.38. The molecule has 0 aromatic carbocycles. The molecule has 2 aliphatic rings. The molecule has 3 heteroatoms. The first kappa shape index (κ1) is 8.99. The van der Waals surface area contributed by atoms with Crippen molar-refractivity contribution in [2.75, 3.05) is 0 Å². The Balaban J connectivity index is 2.19. The van der Waals surface area contributed by atoms with E-state index in [2.05, 4.69) is 24.3 Å². The molecule has 0 fully saturated rings. The van der Waals surface area contributed by atoms with E-state index >= 15 is 0 Å². The van der Waals surface area contributed by atoms with Crippen molar-refractivity contribution in [3.63, 3.8) is 0 Å². The minimum absolute atomic E-state index is 0.300. The van der Waals surface area contributed by atoms with Crippen LogP contribution in [0.2, 0.25) is 9.56 Å². The van der Waals surface area contributed by atoms with Crippen LogP contribution in [0.1, 0.15) is 0 Å². The normalized spacial score (nSPS) is 23.5. The summed E-state index contributed by atoms with van der Waals surface area (Å²) in [5, 5.41) is 0. The number of rotatable bonds is 2. The fourth-order valence-electron chi connectivity index (χ4n) is 1.55. The number of nitrogens with two attached hydrogens (primary N) is 2. The van der Waals surface area contributed by atoms with Crippen molar-refractivity contribution in [1.29, 1.82) is 0 Å². The molecule has 0 radical (unpaired) electrons. The molecule has 0 spiro atoms. The summed E-state index contributed by atoms with van der Waals surface area (Å²) in [4.78, 5) is 0. The van der Waals surface area contributed by atoms with E-state index in [4.69, 9.17) is 9.43 Å². The molecule has 13 heavy (non-hydrogen) atoms. The zero-order valence-corrected chi connectivity index (χ0v) is 8.61. The molecule has 0 heterocycles. The molecule has 2 rings (SSSR count). The Morgan fingerprint density at radius 1 is 0.692 bits per heavy atom. The molecule has 0 saturated heterocycles. The van der Waals surface area contributed by atoms with Gasteiger partial charge in [0.1, 0.15) is 0 Å². The van der Waals surface area contributed by atoms with Gasteiger partial charge in [0.2, 0.25) is 0 Å². The first-order chi connectivity index (χ1) is 6.21. The summed E-state index contributed by atoms with van der Waals surface area (Å²) in [5.41, 5.74) is 0. The van der Waals surface area contributed by atoms with Gasteiger partial charge in [-0.15, -0.1) is 0 Å². The predicted octanol–water partition coefficient (Wildman–Crippen LogP) is 1.72. The van der Waals surface area contributed by atoms with Gasteiger partial charge in [-0.25, -0.2) is 0 Å². The van der Waals surface area contributed by atoms with Crippen molar-refractivity contribution in [3.8, 4) is 0 Å². The Morgan fingerprint density at radius 2 is 1.00 bits per heavy atom. The second kappa shape index (κ2) is 3.28. The predicted molar refractivity (Wildman–Crippen MR) is 52.4 cm³/mol. The second-order valence-corrected chi connectivity index (χ2v) is 7.54. The number of hydrogen-bond donors (Lipinski definition) is 2. The summed E-state index contributed by atoms with van der Waals surface area (Å²) in [6.45, 7) is 0. The summed E-state index contributed by atoms with van der Waals surface area (Å²) < 4.78 is 13.1. The molecule has 0 unspecified atom stereocenters. The second-order valence-electron chi connectivity index (χ2n) is 3.29. The van der Waals surface area contributed by atoms with Crippen molar-refractivity contribution in [3.05, 3.63) is 48.6 Å². The molecule has 2 aliphatic carbocycles. The molecular formula is C10H14CrN2. The Hall–Kier alpha value is -0.588. The standard InChI is InChI=1S/2C5H5.Cr.2H2N/c2*1-2-4-5-3-1;;;/h2*1-5H;;2*1H2/q;;+2;2*-1. The van der Waals surface area contributed by atoms with E-state index in [-0.39, 0.29) is 0 Å². The van der Waals surface area contributed by atoms with Crippen LogP contribution in [0, 0.1) is 0 Å². The Kier molecular flexibility index (Phi) is 2.27. The van der Waals surface area contributed by atoms with Crippen molar-refractivity contribution in [2.24, 2.45) is 9.43 Å². The molecule has 4 N–H and O–H groups in total. The number of allylic oxidation sites excluding steroid dienone is 8. The average molecular weight is 214 g/mol. The molecule has 0 bridgehead atoms. The molecule has 0 amide bonds. The topological polar surface area (TPSA) is 52.0 Å². The maximum absolute atomic E-state index is 6.26.